The van der Waals surface area contributed by atoms with E-state index >= 15 is 0 Å². The van der Waals surface area contributed by atoms with Crippen LogP contribution in [0.2, 0.25) is 0 Å². The van der Waals surface area contributed by atoms with Gasteiger partial charge >= 0.3 is 5.69 Å². The Morgan fingerprint density at radius 1 is 1.53 bits per heavy atom. The van der Waals surface area contributed by atoms with Gasteiger partial charge in [-0.25, -0.2) is 4.98 Å². The molecule has 7 heteroatoms. The Morgan fingerprint density at radius 2 is 2.13 bits per heavy atom. The molecule has 0 atom stereocenters. The molecule has 7 nitrogen and oxygen atoms in total. The Kier molecular flexibility index (Phi) is 2.74. The van der Waals surface area contributed by atoms with Crippen LogP contribution in [0.1, 0.15) is 20.8 Å². The van der Waals surface area contributed by atoms with Crippen molar-refractivity contribution in [1.82, 2.24) is 9.97 Å². The lowest BCUT2D eigenvalue weighted by atomic mass is 10.1. The molecule has 0 saturated heterocycles. The summed E-state index contributed by atoms with van der Waals surface area (Å²) in [5.41, 5.74) is 4.91. The van der Waals surface area contributed by atoms with E-state index in [0.717, 1.165) is 6.20 Å². The van der Waals surface area contributed by atoms with E-state index < -0.39 is 4.92 Å². The van der Waals surface area contributed by atoms with Gasteiger partial charge in [-0.1, -0.05) is 0 Å². The summed E-state index contributed by atoms with van der Waals surface area (Å²) >= 11 is 0. The molecule has 1 heterocycles. The lowest BCUT2D eigenvalue weighted by molar-refractivity contribution is -0.384. The first-order valence-corrected chi connectivity index (χ1v) is 4.35. The highest BCUT2D eigenvalue weighted by atomic mass is 16.6. The van der Waals surface area contributed by atoms with Crippen molar-refractivity contribution in [3.8, 4) is 0 Å². The van der Waals surface area contributed by atoms with E-state index in [-0.39, 0.29) is 23.0 Å². The van der Waals surface area contributed by atoms with Gasteiger partial charge in [-0.15, -0.1) is 0 Å². The Bertz CT molecular complexity index is 385. The lowest BCUT2D eigenvalue weighted by Crippen LogP contribution is -2.27. The number of anilines is 2. The summed E-state index contributed by atoms with van der Waals surface area (Å²) in [4.78, 5) is 17.4. The molecule has 1 aromatic heterocycles. The number of nitro groups is 1. The molecule has 0 aromatic carbocycles. The van der Waals surface area contributed by atoms with Crippen molar-refractivity contribution >= 4 is 17.5 Å². The first kappa shape index (κ1) is 11.2. The number of nitrogens with one attached hydrogen (secondary N) is 1. The molecule has 1 rings (SSSR count). The summed E-state index contributed by atoms with van der Waals surface area (Å²) < 4.78 is 0. The van der Waals surface area contributed by atoms with Crippen molar-refractivity contribution in [1.29, 1.82) is 0 Å². The van der Waals surface area contributed by atoms with Crippen LogP contribution in [0.25, 0.3) is 0 Å². The predicted octanol–water partition coefficient (Wildman–Crippen LogP) is 1.18. The van der Waals surface area contributed by atoms with Gasteiger partial charge in [0.05, 0.1) is 4.92 Å². The van der Waals surface area contributed by atoms with Gasteiger partial charge in [-0.2, -0.15) is 4.98 Å². The second kappa shape index (κ2) is 3.68. The van der Waals surface area contributed by atoms with Crippen LogP contribution in [-0.4, -0.2) is 20.4 Å². The van der Waals surface area contributed by atoms with E-state index in [0.29, 0.717) is 0 Å². The molecule has 15 heavy (non-hydrogen) atoms. The number of rotatable bonds is 2. The lowest BCUT2D eigenvalue weighted by Gasteiger charge is -2.20. The summed E-state index contributed by atoms with van der Waals surface area (Å²) in [5.74, 6) is 0.146. The Labute approximate surface area is 86.9 Å². The first-order chi connectivity index (χ1) is 6.79. The summed E-state index contributed by atoms with van der Waals surface area (Å²) in [6.07, 6.45) is 1.09. The number of aromatic nitrogens is 2. The van der Waals surface area contributed by atoms with Gasteiger partial charge in [-0.05, 0) is 20.8 Å². The summed E-state index contributed by atoms with van der Waals surface area (Å²) in [6.45, 7) is 5.77. The first-order valence-electron chi connectivity index (χ1n) is 4.35. The van der Waals surface area contributed by atoms with E-state index in [2.05, 4.69) is 15.3 Å². The summed E-state index contributed by atoms with van der Waals surface area (Å²) in [7, 11) is 0. The molecule has 0 bridgehead atoms. The SMILES string of the molecule is CC(C)(C)Nc1ncc([N+](=O)[O-])c(N)n1. The fourth-order valence-electron chi connectivity index (χ4n) is 0.925. The van der Waals surface area contributed by atoms with E-state index in [1.54, 1.807) is 0 Å². The minimum atomic E-state index is -0.615. The molecule has 82 valence electrons. The smallest absolute Gasteiger partial charge is 0.329 e. The van der Waals surface area contributed by atoms with Crippen LogP contribution < -0.4 is 11.1 Å². The highest BCUT2D eigenvalue weighted by Gasteiger charge is 2.16. The van der Waals surface area contributed by atoms with Crippen molar-refractivity contribution in [2.75, 3.05) is 11.1 Å². The zero-order chi connectivity index (χ0) is 11.6. The molecule has 0 aliphatic rings. The third-order valence-corrected chi connectivity index (χ3v) is 1.48. The van der Waals surface area contributed by atoms with Crippen molar-refractivity contribution in [3.05, 3.63) is 16.3 Å². The summed E-state index contributed by atoms with van der Waals surface area (Å²) in [6, 6.07) is 0. The maximum absolute atomic E-state index is 10.4. The van der Waals surface area contributed by atoms with Crippen molar-refractivity contribution in [2.24, 2.45) is 0 Å². The largest absolute Gasteiger partial charge is 0.378 e. The molecule has 0 unspecified atom stereocenters. The maximum atomic E-state index is 10.4. The van der Waals surface area contributed by atoms with E-state index in [4.69, 9.17) is 5.73 Å². The fraction of sp³-hybridized carbons (Fsp3) is 0.500. The Balaban J connectivity index is 2.97. The molecule has 0 amide bonds. The molecule has 0 aliphatic carbocycles. The second-order valence-electron chi connectivity index (χ2n) is 4.10. The van der Waals surface area contributed by atoms with E-state index in [1.165, 1.54) is 0 Å². The zero-order valence-electron chi connectivity index (χ0n) is 8.81. The fourth-order valence-corrected chi connectivity index (χ4v) is 0.925. The minimum Gasteiger partial charge on any atom is -0.378 e. The molecule has 0 saturated carbocycles. The van der Waals surface area contributed by atoms with Crippen LogP contribution in [0, 0.1) is 10.1 Å². The minimum absolute atomic E-state index is 0.137. The topological polar surface area (TPSA) is 107 Å². The van der Waals surface area contributed by atoms with E-state index in [9.17, 15) is 10.1 Å². The van der Waals surface area contributed by atoms with Gasteiger partial charge in [-0.3, -0.25) is 10.1 Å². The second-order valence-corrected chi connectivity index (χ2v) is 4.10. The Morgan fingerprint density at radius 3 is 2.53 bits per heavy atom. The number of nitrogens with two attached hydrogens (primary N) is 1. The predicted molar refractivity (Wildman–Crippen MR) is 56.5 cm³/mol. The van der Waals surface area contributed by atoms with Crippen LogP contribution in [0.5, 0.6) is 0 Å². The normalized spacial score (nSPS) is 11.1. The zero-order valence-corrected chi connectivity index (χ0v) is 8.81. The van der Waals surface area contributed by atoms with Gasteiger partial charge in [0.15, 0.2) is 0 Å². The number of hydrogen-bond acceptors (Lipinski definition) is 6. The van der Waals surface area contributed by atoms with Crippen LogP contribution in [-0.2, 0) is 0 Å². The average Bonchev–Trinajstić information content (AvgIpc) is 1.99. The van der Waals surface area contributed by atoms with Gasteiger partial charge in [0.2, 0.25) is 11.8 Å². The van der Waals surface area contributed by atoms with Crippen molar-refractivity contribution < 1.29 is 4.92 Å². The molecule has 0 fully saturated rings. The highest BCUT2D eigenvalue weighted by Crippen LogP contribution is 2.19. The average molecular weight is 211 g/mol. The van der Waals surface area contributed by atoms with Crippen molar-refractivity contribution in [2.45, 2.75) is 26.3 Å². The number of nitrogen functional groups attached to an aromatic ring is 1. The van der Waals surface area contributed by atoms with Crippen LogP contribution in [0.4, 0.5) is 17.5 Å². The highest BCUT2D eigenvalue weighted by molar-refractivity contribution is 5.53. The maximum Gasteiger partial charge on any atom is 0.329 e. The van der Waals surface area contributed by atoms with Gasteiger partial charge in [0.25, 0.3) is 0 Å². The third-order valence-electron chi connectivity index (χ3n) is 1.48. The van der Waals surface area contributed by atoms with Gasteiger partial charge in [0, 0.05) is 5.54 Å². The molecular weight excluding hydrogens is 198 g/mol. The van der Waals surface area contributed by atoms with Crippen LogP contribution >= 0.6 is 0 Å². The number of nitrogens with zero attached hydrogens (tertiary/aromatic N) is 3. The molecule has 3 N–H and O–H groups in total. The molecular formula is C8H13N5O2. The monoisotopic (exact) mass is 211 g/mol. The molecule has 0 spiro atoms. The summed E-state index contributed by atoms with van der Waals surface area (Å²) in [5, 5.41) is 13.4. The molecule has 0 aliphatic heterocycles. The van der Waals surface area contributed by atoms with Crippen LogP contribution in [0.15, 0.2) is 6.20 Å². The van der Waals surface area contributed by atoms with E-state index in [1.807, 2.05) is 20.8 Å². The Hall–Kier alpha value is -1.92. The standard InChI is InChI=1S/C8H13N5O2/c1-8(2,3)12-7-10-4-5(13(14)15)6(9)11-7/h4H,1-3H3,(H3,9,10,11,12). The van der Waals surface area contributed by atoms with Crippen molar-refractivity contribution in [3.63, 3.8) is 0 Å². The third kappa shape index (κ3) is 3.04. The van der Waals surface area contributed by atoms with Crippen LogP contribution in [0.3, 0.4) is 0 Å². The molecule has 0 radical (unpaired) electrons. The number of hydrogen-bond donors (Lipinski definition) is 2. The van der Waals surface area contributed by atoms with Gasteiger partial charge in [0.1, 0.15) is 6.20 Å². The quantitative estimate of drug-likeness (QED) is 0.561. The molecule has 1 aromatic rings. The van der Waals surface area contributed by atoms with Gasteiger partial charge < -0.3 is 11.1 Å².